The van der Waals surface area contributed by atoms with Crippen molar-refractivity contribution in [3.8, 4) is 5.19 Å². The first-order valence-corrected chi connectivity index (χ1v) is 13.4. The van der Waals surface area contributed by atoms with Crippen LogP contribution in [0.2, 0.25) is 0 Å². The van der Waals surface area contributed by atoms with E-state index in [9.17, 15) is 13.6 Å². The molecule has 0 saturated heterocycles. The van der Waals surface area contributed by atoms with E-state index >= 15 is 0 Å². The van der Waals surface area contributed by atoms with E-state index in [0.29, 0.717) is 24.0 Å². The molecule has 1 aliphatic carbocycles. The summed E-state index contributed by atoms with van der Waals surface area (Å²) in [6, 6.07) is 0.268. The number of amides is 1. The Morgan fingerprint density at radius 1 is 1.29 bits per heavy atom. The molecule has 4 rings (SSSR count). The summed E-state index contributed by atoms with van der Waals surface area (Å²) >= 11 is 1.40. The number of thiazole rings is 1. The fourth-order valence-corrected chi connectivity index (χ4v) is 5.93. The molecule has 1 amide bonds. The van der Waals surface area contributed by atoms with Gasteiger partial charge in [-0.1, -0.05) is 16.5 Å². The highest BCUT2D eigenvalue weighted by atomic mass is 32.1. The van der Waals surface area contributed by atoms with E-state index in [0.717, 1.165) is 92.7 Å². The van der Waals surface area contributed by atoms with Crippen molar-refractivity contribution in [3.63, 3.8) is 0 Å². The Morgan fingerprint density at radius 2 is 2.06 bits per heavy atom. The van der Waals surface area contributed by atoms with Gasteiger partial charge in [0.15, 0.2) is 6.61 Å². The number of aryl methyl sites for hydroxylation is 2. The van der Waals surface area contributed by atoms with Crippen molar-refractivity contribution in [1.82, 2.24) is 20.4 Å². The molecule has 0 unspecified atom stereocenters. The molecule has 2 aromatic rings. The first-order chi connectivity index (χ1) is 16.7. The molecule has 0 bridgehead atoms. The summed E-state index contributed by atoms with van der Waals surface area (Å²) in [6.07, 6.45) is 7.48. The monoisotopic (exact) mass is 510 g/mol. The van der Waals surface area contributed by atoms with Gasteiger partial charge >= 0.3 is 0 Å². The second-order valence-corrected chi connectivity index (χ2v) is 11.2. The smallest absolute Gasteiger partial charge is 0.278 e. The van der Waals surface area contributed by atoms with Gasteiger partial charge in [0.1, 0.15) is 5.76 Å². The van der Waals surface area contributed by atoms with Crippen LogP contribution in [-0.2, 0) is 24.2 Å². The molecule has 1 N–H and O–H groups in total. The van der Waals surface area contributed by atoms with Crippen LogP contribution in [0, 0.1) is 19.8 Å². The van der Waals surface area contributed by atoms with Crippen molar-refractivity contribution in [3.05, 3.63) is 27.6 Å². The summed E-state index contributed by atoms with van der Waals surface area (Å²) in [5, 5.41) is 7.52. The zero-order valence-corrected chi connectivity index (χ0v) is 21.7. The van der Waals surface area contributed by atoms with Gasteiger partial charge in [-0.15, -0.1) is 0 Å². The van der Waals surface area contributed by atoms with Gasteiger partial charge in [0.05, 0.1) is 11.4 Å². The minimum Gasteiger partial charge on any atom is -0.464 e. The summed E-state index contributed by atoms with van der Waals surface area (Å²) in [7, 11) is 0. The number of hydrogen-bond acceptors (Lipinski definition) is 7. The lowest BCUT2D eigenvalue weighted by Crippen LogP contribution is -2.38. The first kappa shape index (κ1) is 26.0. The van der Waals surface area contributed by atoms with Crippen LogP contribution in [0.1, 0.15) is 73.0 Å². The number of halogens is 2. The third-order valence-corrected chi connectivity index (χ3v) is 8.15. The first-order valence-electron chi connectivity index (χ1n) is 12.6. The minimum absolute atomic E-state index is 0.104. The zero-order chi connectivity index (χ0) is 25.0. The Balaban J connectivity index is 1.13. The van der Waals surface area contributed by atoms with Crippen molar-refractivity contribution >= 4 is 17.2 Å². The van der Waals surface area contributed by atoms with Crippen LogP contribution >= 0.6 is 11.3 Å². The maximum atomic E-state index is 13.0. The van der Waals surface area contributed by atoms with Crippen molar-refractivity contribution < 1.29 is 22.8 Å². The predicted octanol–water partition coefficient (Wildman–Crippen LogP) is 4.84. The number of aromatic nitrogens is 2. The van der Waals surface area contributed by atoms with Crippen molar-refractivity contribution in [2.75, 3.05) is 19.7 Å². The van der Waals surface area contributed by atoms with E-state index in [2.05, 4.69) is 20.4 Å². The highest BCUT2D eigenvalue weighted by Gasteiger charge is 2.27. The fourth-order valence-electron chi connectivity index (χ4n) is 5.03. The molecule has 0 spiro atoms. The molecule has 1 fully saturated rings. The van der Waals surface area contributed by atoms with Crippen LogP contribution in [0.25, 0.3) is 0 Å². The Kier molecular flexibility index (Phi) is 8.42. The van der Waals surface area contributed by atoms with E-state index in [1.54, 1.807) is 0 Å². The van der Waals surface area contributed by atoms with Gasteiger partial charge in [-0.05, 0) is 71.3 Å². The molecule has 1 aliphatic heterocycles. The number of fused-ring (bicyclic) bond motifs is 1. The van der Waals surface area contributed by atoms with Crippen molar-refractivity contribution in [1.29, 1.82) is 0 Å². The molecule has 0 aromatic carbocycles. The molecular formula is C25H36F2N4O3S. The highest BCUT2D eigenvalue weighted by molar-refractivity contribution is 7.13. The van der Waals surface area contributed by atoms with Crippen LogP contribution in [-0.4, -0.2) is 52.6 Å². The number of hydrogen-bond donors (Lipinski definition) is 1. The Morgan fingerprint density at radius 3 is 2.74 bits per heavy atom. The maximum absolute atomic E-state index is 13.0. The van der Waals surface area contributed by atoms with Crippen molar-refractivity contribution in [2.24, 2.45) is 5.92 Å². The molecule has 2 aromatic heterocycles. The second kappa shape index (κ2) is 11.3. The number of carbonyl (C=O) groups excluding carboxylic acids is 1. The molecule has 194 valence electrons. The number of nitrogens with one attached hydrogen (secondary N) is 1. The predicted molar refractivity (Wildman–Crippen MR) is 130 cm³/mol. The minimum atomic E-state index is -2.85. The molecular weight excluding hydrogens is 474 g/mol. The SMILES string of the molecule is Cc1noc(C)c1CCC(=O)N[C@H]1CC[C@H](CCN2CCc3sc(OCC(C)(F)F)nc3C2)CC1. The lowest BCUT2D eigenvalue weighted by atomic mass is 9.84. The van der Waals surface area contributed by atoms with Gasteiger partial charge in [0.25, 0.3) is 11.1 Å². The normalized spacial score (nSPS) is 21.1. The largest absolute Gasteiger partial charge is 0.464 e. The fraction of sp³-hybridized carbons (Fsp3) is 0.720. The van der Waals surface area contributed by atoms with Crippen LogP contribution in [0.15, 0.2) is 4.52 Å². The Hall–Kier alpha value is -2.07. The second-order valence-electron chi connectivity index (χ2n) is 10.1. The summed E-state index contributed by atoms with van der Waals surface area (Å²) in [6.45, 7) is 6.76. The number of rotatable bonds is 10. The molecule has 0 atom stereocenters. The molecule has 35 heavy (non-hydrogen) atoms. The van der Waals surface area contributed by atoms with E-state index < -0.39 is 12.5 Å². The van der Waals surface area contributed by atoms with Crippen molar-refractivity contribution in [2.45, 2.75) is 90.6 Å². The third kappa shape index (κ3) is 7.46. The van der Waals surface area contributed by atoms with E-state index in [1.807, 2.05) is 13.8 Å². The van der Waals surface area contributed by atoms with Gasteiger partial charge in [-0.2, -0.15) is 0 Å². The molecule has 2 aliphatic rings. The summed E-state index contributed by atoms with van der Waals surface area (Å²) in [5.41, 5.74) is 2.88. The van der Waals surface area contributed by atoms with Gasteiger partial charge < -0.3 is 14.6 Å². The lowest BCUT2D eigenvalue weighted by Gasteiger charge is -2.32. The lowest BCUT2D eigenvalue weighted by molar-refractivity contribution is -0.122. The molecule has 3 heterocycles. The summed E-state index contributed by atoms with van der Waals surface area (Å²) in [5.74, 6) is -1.28. The third-order valence-electron chi connectivity index (χ3n) is 7.08. The van der Waals surface area contributed by atoms with Crippen LogP contribution in [0.4, 0.5) is 8.78 Å². The average molecular weight is 511 g/mol. The van der Waals surface area contributed by atoms with Crippen LogP contribution in [0.5, 0.6) is 5.19 Å². The van der Waals surface area contributed by atoms with Gasteiger partial charge in [-0.25, -0.2) is 13.8 Å². The maximum Gasteiger partial charge on any atom is 0.278 e. The Bertz CT molecular complexity index is 976. The van der Waals surface area contributed by atoms with Gasteiger partial charge in [0, 0.05) is 42.9 Å². The van der Waals surface area contributed by atoms with Crippen LogP contribution in [0.3, 0.4) is 0 Å². The molecule has 0 radical (unpaired) electrons. The molecule has 7 nitrogen and oxygen atoms in total. The molecule has 1 saturated carbocycles. The van der Waals surface area contributed by atoms with Crippen LogP contribution < -0.4 is 10.1 Å². The number of ether oxygens (including phenoxy) is 1. The van der Waals surface area contributed by atoms with E-state index in [1.165, 1.54) is 11.3 Å². The van der Waals surface area contributed by atoms with Gasteiger partial charge in [-0.3, -0.25) is 9.69 Å². The number of nitrogens with zero attached hydrogens (tertiary/aromatic N) is 3. The topological polar surface area (TPSA) is 80.5 Å². The van der Waals surface area contributed by atoms with Gasteiger partial charge in [0.2, 0.25) is 5.91 Å². The van der Waals surface area contributed by atoms with E-state index in [4.69, 9.17) is 9.26 Å². The summed E-state index contributed by atoms with van der Waals surface area (Å²) in [4.78, 5) is 20.4. The highest BCUT2D eigenvalue weighted by Crippen LogP contribution is 2.32. The standard InChI is InChI=1S/C25H36F2N4O3S/c1-16-20(17(2)34-30-16)8-9-23(32)28-19-6-4-18(5-7-19)10-12-31-13-11-22-21(14-31)29-24(35-22)33-15-25(3,26)27/h18-19H,4-15H2,1-3H3,(H,28,32)/t18-,19-. The number of carbonyl (C=O) groups is 1. The summed E-state index contributed by atoms with van der Waals surface area (Å²) < 4.78 is 36.5. The molecule has 10 heteroatoms. The Labute approximate surface area is 209 Å². The van der Waals surface area contributed by atoms with E-state index in [-0.39, 0.29) is 11.9 Å². The number of alkyl halides is 2. The zero-order valence-electron chi connectivity index (χ0n) is 20.9. The average Bonchev–Trinajstić information content (AvgIpc) is 3.37. The quantitative estimate of drug-likeness (QED) is 0.493.